The number of unbranched alkanes of at least 4 members (excludes halogenated alkanes) is 6. The normalized spacial score (nSPS) is 12.3. The van der Waals surface area contributed by atoms with Gasteiger partial charge in [-0.1, -0.05) is 49.8 Å². The summed E-state index contributed by atoms with van der Waals surface area (Å²) >= 11 is 0. The molecule has 0 aliphatic rings. The second kappa shape index (κ2) is 17.8. The van der Waals surface area contributed by atoms with Crippen molar-refractivity contribution in [3.63, 3.8) is 0 Å². The molecular weight excluding hydrogens is 300 g/mol. The van der Waals surface area contributed by atoms with Crippen molar-refractivity contribution in [3.8, 4) is 11.8 Å². The van der Waals surface area contributed by atoms with E-state index in [1.165, 1.54) is 13.5 Å². The quantitative estimate of drug-likeness (QED) is 0.224. The molecular formula is C21H34O3. The van der Waals surface area contributed by atoms with Gasteiger partial charge in [0.2, 0.25) is 0 Å². The fourth-order valence-electron chi connectivity index (χ4n) is 2.17. The van der Waals surface area contributed by atoms with Gasteiger partial charge in [0.05, 0.1) is 7.11 Å². The lowest BCUT2D eigenvalue weighted by Gasteiger charge is -2.00. The molecule has 0 saturated heterocycles. The summed E-state index contributed by atoms with van der Waals surface area (Å²) in [5.41, 5.74) is 0. The average molecular weight is 335 g/mol. The molecule has 0 fully saturated rings. The predicted octanol–water partition coefficient (Wildman–Crippen LogP) is 4.95. The van der Waals surface area contributed by atoms with Crippen LogP contribution >= 0.6 is 0 Å². The molecule has 0 aromatic carbocycles. The highest BCUT2D eigenvalue weighted by atomic mass is 16.5. The van der Waals surface area contributed by atoms with Crippen molar-refractivity contribution in [2.24, 2.45) is 0 Å². The third-order valence-electron chi connectivity index (χ3n) is 3.67. The van der Waals surface area contributed by atoms with E-state index in [1.54, 1.807) is 0 Å². The highest BCUT2D eigenvalue weighted by Gasteiger charge is 1.97. The van der Waals surface area contributed by atoms with Crippen LogP contribution in [0.25, 0.3) is 0 Å². The molecule has 1 unspecified atom stereocenters. The Kier molecular flexibility index (Phi) is 16.7. The van der Waals surface area contributed by atoms with E-state index in [0.717, 1.165) is 57.8 Å². The van der Waals surface area contributed by atoms with E-state index < -0.39 is 6.10 Å². The second-order valence-electron chi connectivity index (χ2n) is 5.93. The van der Waals surface area contributed by atoms with Crippen LogP contribution in [0.4, 0.5) is 0 Å². The van der Waals surface area contributed by atoms with Crippen molar-refractivity contribution < 1.29 is 14.6 Å². The van der Waals surface area contributed by atoms with Crippen molar-refractivity contribution >= 4 is 5.97 Å². The summed E-state index contributed by atoms with van der Waals surface area (Å²) in [6.07, 6.45) is 18.6. The van der Waals surface area contributed by atoms with Gasteiger partial charge in [-0.25, -0.2) is 0 Å². The van der Waals surface area contributed by atoms with E-state index in [2.05, 4.69) is 41.7 Å². The van der Waals surface area contributed by atoms with Gasteiger partial charge in [-0.15, -0.1) is 0 Å². The SMILES string of the molecule is CCCCCC(O)C#C/C=C\CCCC/C=C\CCCC(=O)OC. The fourth-order valence-corrected chi connectivity index (χ4v) is 2.17. The van der Waals surface area contributed by atoms with Crippen LogP contribution < -0.4 is 0 Å². The molecule has 0 aromatic rings. The average Bonchev–Trinajstić information content (AvgIpc) is 2.58. The fraction of sp³-hybridized carbons (Fsp3) is 0.667. The molecule has 0 aliphatic heterocycles. The first kappa shape index (κ1) is 22.5. The minimum atomic E-state index is -0.481. The van der Waals surface area contributed by atoms with Crippen molar-refractivity contribution in [3.05, 3.63) is 24.3 Å². The van der Waals surface area contributed by atoms with Crippen LogP contribution in [-0.4, -0.2) is 24.3 Å². The molecule has 24 heavy (non-hydrogen) atoms. The maximum absolute atomic E-state index is 10.9. The summed E-state index contributed by atoms with van der Waals surface area (Å²) in [6.45, 7) is 2.15. The number of carbonyl (C=O) groups excluding carboxylic acids is 1. The summed E-state index contributed by atoms with van der Waals surface area (Å²) in [7, 11) is 1.42. The van der Waals surface area contributed by atoms with E-state index in [1.807, 2.05) is 6.08 Å². The Bertz CT molecular complexity index is 413. The third kappa shape index (κ3) is 16.8. The van der Waals surface area contributed by atoms with Gasteiger partial charge in [0.15, 0.2) is 0 Å². The molecule has 0 bridgehead atoms. The Morgan fingerprint density at radius 2 is 1.71 bits per heavy atom. The van der Waals surface area contributed by atoms with E-state index >= 15 is 0 Å². The first-order valence-electron chi connectivity index (χ1n) is 9.26. The topological polar surface area (TPSA) is 46.5 Å². The molecule has 0 radical (unpaired) electrons. The lowest BCUT2D eigenvalue weighted by molar-refractivity contribution is -0.140. The van der Waals surface area contributed by atoms with Crippen molar-refractivity contribution in [2.75, 3.05) is 7.11 Å². The number of rotatable bonds is 13. The van der Waals surface area contributed by atoms with Gasteiger partial charge in [0, 0.05) is 6.42 Å². The number of methoxy groups -OCH3 is 1. The molecule has 0 aliphatic carbocycles. The Morgan fingerprint density at radius 1 is 1.04 bits per heavy atom. The zero-order valence-corrected chi connectivity index (χ0v) is 15.4. The van der Waals surface area contributed by atoms with Gasteiger partial charge in [-0.3, -0.25) is 4.79 Å². The summed E-state index contributed by atoms with van der Waals surface area (Å²) in [5, 5.41) is 9.64. The van der Waals surface area contributed by atoms with E-state index in [4.69, 9.17) is 0 Å². The number of carbonyl (C=O) groups is 1. The lowest BCUT2D eigenvalue weighted by Crippen LogP contribution is -2.01. The smallest absolute Gasteiger partial charge is 0.305 e. The summed E-state index contributed by atoms with van der Waals surface area (Å²) < 4.78 is 4.59. The maximum atomic E-state index is 10.9. The predicted molar refractivity (Wildman–Crippen MR) is 101 cm³/mol. The van der Waals surface area contributed by atoms with Gasteiger partial charge in [-0.05, 0) is 57.4 Å². The number of allylic oxidation sites excluding steroid dienone is 4. The van der Waals surface area contributed by atoms with Crippen molar-refractivity contribution in [1.82, 2.24) is 0 Å². The standard InChI is InChI=1S/C21H34O3/c1-3-4-14-17-20(22)18-15-12-10-8-6-5-7-9-11-13-16-19-21(23)24-2/h9-12,20,22H,3-8,13-14,16-17,19H2,1-2H3/b11-9-,12-10-. The summed E-state index contributed by atoms with van der Waals surface area (Å²) in [6, 6.07) is 0. The number of esters is 1. The molecule has 136 valence electrons. The Hall–Kier alpha value is -1.53. The Labute approximate surface area is 148 Å². The Balaban J connectivity index is 3.48. The maximum Gasteiger partial charge on any atom is 0.305 e. The molecule has 3 heteroatoms. The molecule has 0 amide bonds. The zero-order valence-electron chi connectivity index (χ0n) is 15.4. The molecule has 0 rings (SSSR count). The third-order valence-corrected chi connectivity index (χ3v) is 3.67. The van der Waals surface area contributed by atoms with Crippen LogP contribution in [0.5, 0.6) is 0 Å². The molecule has 0 heterocycles. The molecule has 1 atom stereocenters. The van der Waals surface area contributed by atoms with E-state index in [9.17, 15) is 9.90 Å². The minimum absolute atomic E-state index is 0.133. The lowest BCUT2D eigenvalue weighted by atomic mass is 10.1. The monoisotopic (exact) mass is 334 g/mol. The minimum Gasteiger partial charge on any atom is -0.469 e. The van der Waals surface area contributed by atoms with Crippen LogP contribution in [0, 0.1) is 11.8 Å². The number of hydrogen-bond acceptors (Lipinski definition) is 3. The van der Waals surface area contributed by atoms with Gasteiger partial charge in [0.25, 0.3) is 0 Å². The summed E-state index contributed by atoms with van der Waals surface area (Å²) in [4.78, 5) is 10.9. The summed E-state index contributed by atoms with van der Waals surface area (Å²) in [5.74, 6) is 5.65. The number of aliphatic hydroxyl groups is 1. The molecule has 0 aromatic heterocycles. The van der Waals surface area contributed by atoms with Gasteiger partial charge < -0.3 is 9.84 Å². The molecule has 1 N–H and O–H groups in total. The number of ether oxygens (including phenoxy) is 1. The van der Waals surface area contributed by atoms with E-state index in [-0.39, 0.29) is 5.97 Å². The molecule has 3 nitrogen and oxygen atoms in total. The van der Waals surface area contributed by atoms with Gasteiger partial charge in [-0.2, -0.15) is 0 Å². The molecule has 0 saturated carbocycles. The van der Waals surface area contributed by atoms with Crippen LogP contribution in [-0.2, 0) is 9.53 Å². The number of hydrogen-bond donors (Lipinski definition) is 1. The van der Waals surface area contributed by atoms with E-state index in [0.29, 0.717) is 6.42 Å². The van der Waals surface area contributed by atoms with Crippen molar-refractivity contribution in [1.29, 1.82) is 0 Å². The highest BCUT2D eigenvalue weighted by Crippen LogP contribution is 2.04. The first-order valence-corrected chi connectivity index (χ1v) is 9.26. The Morgan fingerprint density at radius 3 is 2.38 bits per heavy atom. The first-order chi connectivity index (χ1) is 11.7. The van der Waals surface area contributed by atoms with Gasteiger partial charge >= 0.3 is 5.97 Å². The van der Waals surface area contributed by atoms with Crippen LogP contribution in [0.3, 0.4) is 0 Å². The van der Waals surface area contributed by atoms with Crippen LogP contribution in [0.15, 0.2) is 24.3 Å². The second-order valence-corrected chi connectivity index (χ2v) is 5.93. The zero-order chi connectivity index (χ0) is 17.9. The largest absolute Gasteiger partial charge is 0.469 e. The molecule has 0 spiro atoms. The number of aliphatic hydroxyl groups excluding tert-OH is 1. The van der Waals surface area contributed by atoms with Crippen LogP contribution in [0.2, 0.25) is 0 Å². The highest BCUT2D eigenvalue weighted by molar-refractivity contribution is 5.69. The van der Waals surface area contributed by atoms with Crippen molar-refractivity contribution in [2.45, 2.75) is 83.7 Å². The van der Waals surface area contributed by atoms with Crippen LogP contribution in [0.1, 0.15) is 77.6 Å². The van der Waals surface area contributed by atoms with Gasteiger partial charge in [0.1, 0.15) is 6.10 Å².